The molecule has 0 saturated heterocycles. The Morgan fingerprint density at radius 2 is 2.29 bits per heavy atom. The van der Waals surface area contributed by atoms with Gasteiger partial charge in [-0.25, -0.2) is 4.79 Å². The van der Waals surface area contributed by atoms with E-state index in [1.54, 1.807) is 24.8 Å². The summed E-state index contributed by atoms with van der Waals surface area (Å²) in [6.45, 7) is 1.72. The third-order valence-corrected chi connectivity index (χ3v) is 2.85. The summed E-state index contributed by atoms with van der Waals surface area (Å²) in [5, 5.41) is 11.4. The first-order chi connectivity index (χ1) is 8.04. The molecule has 1 rings (SSSR count). The Kier molecular flexibility index (Phi) is 5.09. The molecule has 0 saturated carbocycles. The summed E-state index contributed by atoms with van der Waals surface area (Å²) in [5.74, 6) is -0.143. The van der Waals surface area contributed by atoms with Crippen LogP contribution in [-0.2, 0) is 4.79 Å². The van der Waals surface area contributed by atoms with Crippen molar-refractivity contribution in [3.63, 3.8) is 0 Å². The molecule has 0 aromatic carbocycles. The fraction of sp³-hybridized carbons (Fsp3) is 0.455. The van der Waals surface area contributed by atoms with E-state index >= 15 is 0 Å². The second kappa shape index (κ2) is 6.34. The van der Waals surface area contributed by atoms with Gasteiger partial charge in [-0.15, -0.1) is 0 Å². The third kappa shape index (κ3) is 4.14. The van der Waals surface area contributed by atoms with Gasteiger partial charge >= 0.3 is 5.97 Å². The SMILES string of the molecule is CSCCC(NC(=O)c1coc(C)c1)C(=O)O. The second-order valence-corrected chi connectivity index (χ2v) is 4.58. The lowest BCUT2D eigenvalue weighted by Crippen LogP contribution is -2.41. The molecule has 1 aromatic heterocycles. The van der Waals surface area contributed by atoms with Crippen LogP contribution >= 0.6 is 11.8 Å². The van der Waals surface area contributed by atoms with Crippen LogP contribution in [0, 0.1) is 6.92 Å². The van der Waals surface area contributed by atoms with E-state index in [0.29, 0.717) is 23.5 Å². The van der Waals surface area contributed by atoms with Gasteiger partial charge in [0, 0.05) is 0 Å². The summed E-state index contributed by atoms with van der Waals surface area (Å²) in [6, 6.07) is 0.716. The van der Waals surface area contributed by atoms with Gasteiger partial charge in [0.05, 0.1) is 5.56 Å². The maximum atomic E-state index is 11.7. The Labute approximate surface area is 104 Å². The number of carbonyl (C=O) groups excluding carboxylic acids is 1. The first kappa shape index (κ1) is 13.6. The summed E-state index contributed by atoms with van der Waals surface area (Å²) < 4.78 is 5.00. The van der Waals surface area contributed by atoms with Crippen molar-refractivity contribution in [1.29, 1.82) is 0 Å². The number of thioether (sulfide) groups is 1. The van der Waals surface area contributed by atoms with Gasteiger partial charge in [-0.2, -0.15) is 11.8 Å². The van der Waals surface area contributed by atoms with Crippen molar-refractivity contribution in [1.82, 2.24) is 5.32 Å². The molecule has 0 aliphatic heterocycles. The highest BCUT2D eigenvalue weighted by molar-refractivity contribution is 7.98. The van der Waals surface area contributed by atoms with Gasteiger partial charge in [-0.3, -0.25) is 4.79 Å². The predicted molar refractivity (Wildman–Crippen MR) is 65.3 cm³/mol. The van der Waals surface area contributed by atoms with Gasteiger partial charge < -0.3 is 14.8 Å². The highest BCUT2D eigenvalue weighted by Gasteiger charge is 2.20. The molecule has 1 heterocycles. The molecule has 0 aliphatic carbocycles. The molecule has 1 amide bonds. The van der Waals surface area contributed by atoms with Crippen molar-refractivity contribution in [2.24, 2.45) is 0 Å². The molecule has 94 valence electrons. The Bertz CT molecular complexity index is 402. The fourth-order valence-corrected chi connectivity index (χ4v) is 1.77. The predicted octanol–water partition coefficient (Wildman–Crippen LogP) is 1.52. The van der Waals surface area contributed by atoms with Gasteiger partial charge in [-0.05, 0) is 31.4 Å². The molecule has 2 N–H and O–H groups in total. The van der Waals surface area contributed by atoms with Crippen LogP contribution in [0.15, 0.2) is 16.7 Å². The highest BCUT2D eigenvalue weighted by Crippen LogP contribution is 2.07. The minimum Gasteiger partial charge on any atom is -0.480 e. The van der Waals surface area contributed by atoms with Crippen LogP contribution in [0.3, 0.4) is 0 Å². The first-order valence-corrected chi connectivity index (χ1v) is 6.51. The van der Waals surface area contributed by atoms with Crippen molar-refractivity contribution >= 4 is 23.6 Å². The molecule has 17 heavy (non-hydrogen) atoms. The Morgan fingerprint density at radius 3 is 2.76 bits per heavy atom. The Morgan fingerprint density at radius 1 is 1.59 bits per heavy atom. The maximum Gasteiger partial charge on any atom is 0.326 e. The van der Waals surface area contributed by atoms with Crippen LogP contribution in [0.25, 0.3) is 0 Å². The molecule has 0 spiro atoms. The zero-order valence-corrected chi connectivity index (χ0v) is 10.5. The molecule has 0 radical (unpaired) electrons. The number of carboxylic acid groups (broad SMARTS) is 1. The third-order valence-electron chi connectivity index (χ3n) is 2.21. The van der Waals surface area contributed by atoms with E-state index in [2.05, 4.69) is 5.32 Å². The number of hydrogen-bond donors (Lipinski definition) is 2. The van der Waals surface area contributed by atoms with Crippen molar-refractivity contribution < 1.29 is 19.1 Å². The summed E-state index contributed by atoms with van der Waals surface area (Å²) in [7, 11) is 0. The summed E-state index contributed by atoms with van der Waals surface area (Å²) in [4.78, 5) is 22.6. The first-order valence-electron chi connectivity index (χ1n) is 5.12. The van der Waals surface area contributed by atoms with Crippen molar-refractivity contribution in [2.75, 3.05) is 12.0 Å². The maximum absolute atomic E-state index is 11.7. The van der Waals surface area contributed by atoms with E-state index in [0.717, 1.165) is 0 Å². The van der Waals surface area contributed by atoms with Gasteiger partial charge in [0.15, 0.2) is 0 Å². The lowest BCUT2D eigenvalue weighted by Gasteiger charge is -2.12. The van der Waals surface area contributed by atoms with E-state index in [-0.39, 0.29) is 0 Å². The van der Waals surface area contributed by atoms with Gasteiger partial charge in [0.1, 0.15) is 18.1 Å². The van der Waals surface area contributed by atoms with E-state index in [9.17, 15) is 9.59 Å². The zero-order valence-electron chi connectivity index (χ0n) is 9.73. The van der Waals surface area contributed by atoms with Crippen molar-refractivity contribution in [3.05, 3.63) is 23.7 Å². The van der Waals surface area contributed by atoms with E-state index in [1.807, 2.05) is 6.26 Å². The van der Waals surface area contributed by atoms with Crippen LogP contribution in [0.4, 0.5) is 0 Å². The molecule has 0 aliphatic rings. The molecule has 5 nitrogen and oxygen atoms in total. The number of rotatable bonds is 6. The number of carbonyl (C=O) groups is 2. The van der Waals surface area contributed by atoms with Crippen LogP contribution in [0.2, 0.25) is 0 Å². The van der Waals surface area contributed by atoms with Crippen LogP contribution in [0.5, 0.6) is 0 Å². The molecule has 1 atom stereocenters. The smallest absolute Gasteiger partial charge is 0.326 e. The number of carboxylic acids is 1. The minimum absolute atomic E-state index is 0.345. The average molecular weight is 257 g/mol. The molecular weight excluding hydrogens is 242 g/mol. The standard InChI is InChI=1S/C11H15NO4S/c1-7-5-8(6-16-7)10(13)12-9(11(14)15)3-4-17-2/h5-6,9H,3-4H2,1-2H3,(H,12,13)(H,14,15). The van der Waals surface area contributed by atoms with E-state index in [4.69, 9.17) is 9.52 Å². The number of furan rings is 1. The fourth-order valence-electron chi connectivity index (χ4n) is 1.30. The highest BCUT2D eigenvalue weighted by atomic mass is 32.2. The molecular formula is C11H15NO4S. The lowest BCUT2D eigenvalue weighted by molar-refractivity contribution is -0.139. The molecule has 6 heteroatoms. The monoisotopic (exact) mass is 257 g/mol. The second-order valence-electron chi connectivity index (χ2n) is 3.59. The zero-order chi connectivity index (χ0) is 12.8. The Hall–Kier alpha value is -1.43. The lowest BCUT2D eigenvalue weighted by atomic mass is 10.2. The summed E-state index contributed by atoms with van der Waals surface area (Å²) in [5.41, 5.74) is 0.345. The number of aliphatic carboxylic acids is 1. The minimum atomic E-state index is -1.02. The number of amides is 1. The largest absolute Gasteiger partial charge is 0.480 e. The molecule has 0 bridgehead atoms. The van der Waals surface area contributed by atoms with Crippen molar-refractivity contribution in [2.45, 2.75) is 19.4 Å². The quantitative estimate of drug-likeness (QED) is 0.807. The van der Waals surface area contributed by atoms with Crippen LogP contribution in [-0.4, -0.2) is 35.0 Å². The van der Waals surface area contributed by atoms with E-state index in [1.165, 1.54) is 6.26 Å². The van der Waals surface area contributed by atoms with Gasteiger partial charge in [0.25, 0.3) is 5.91 Å². The molecule has 0 fully saturated rings. The number of hydrogen-bond acceptors (Lipinski definition) is 4. The summed E-state index contributed by atoms with van der Waals surface area (Å²) in [6.07, 6.45) is 3.61. The number of aryl methyl sites for hydroxylation is 1. The Balaban J connectivity index is 2.60. The topological polar surface area (TPSA) is 79.5 Å². The van der Waals surface area contributed by atoms with E-state index < -0.39 is 17.9 Å². The van der Waals surface area contributed by atoms with Crippen molar-refractivity contribution in [3.8, 4) is 0 Å². The summed E-state index contributed by atoms with van der Waals surface area (Å²) >= 11 is 1.54. The van der Waals surface area contributed by atoms with Crippen LogP contribution < -0.4 is 5.32 Å². The average Bonchev–Trinajstić information content (AvgIpc) is 2.70. The molecule has 1 unspecified atom stereocenters. The van der Waals surface area contributed by atoms with Gasteiger partial charge in [-0.1, -0.05) is 0 Å². The van der Waals surface area contributed by atoms with Crippen LogP contribution in [0.1, 0.15) is 22.5 Å². The molecule has 1 aromatic rings. The number of nitrogens with one attached hydrogen (secondary N) is 1. The normalized spacial score (nSPS) is 12.1. The van der Waals surface area contributed by atoms with Gasteiger partial charge in [0.2, 0.25) is 0 Å².